The minimum Gasteiger partial charge on any atom is -0.481 e. The highest BCUT2D eigenvalue weighted by Crippen LogP contribution is 2.23. The summed E-state index contributed by atoms with van der Waals surface area (Å²) < 4.78 is 0. The molecule has 138 valence electrons. The van der Waals surface area contributed by atoms with Gasteiger partial charge in [0.25, 0.3) is 0 Å². The van der Waals surface area contributed by atoms with E-state index < -0.39 is 11.9 Å². The second-order valence-corrected chi connectivity index (χ2v) is 5.39. The summed E-state index contributed by atoms with van der Waals surface area (Å²) in [4.78, 5) is 21.5. The molecule has 0 aliphatic heterocycles. The lowest BCUT2D eigenvalue weighted by Crippen LogP contribution is -2.32. The zero-order chi connectivity index (χ0) is 19.4. The number of unbranched alkanes of at least 4 members (excludes halogenated alkanes) is 1. The molecule has 0 radical (unpaired) electrons. The molecular formula is C19H23N3O4. The van der Waals surface area contributed by atoms with Crippen molar-refractivity contribution in [1.29, 1.82) is 5.41 Å². The van der Waals surface area contributed by atoms with E-state index in [4.69, 9.17) is 21.4 Å². The predicted molar refractivity (Wildman–Crippen MR) is 101 cm³/mol. The van der Waals surface area contributed by atoms with Crippen molar-refractivity contribution in [2.75, 3.05) is 4.90 Å². The van der Waals surface area contributed by atoms with Crippen molar-refractivity contribution in [2.24, 2.45) is 5.73 Å². The number of carboxylic acid groups (broad SMARTS) is 2. The zero-order valence-electron chi connectivity index (χ0n) is 14.3. The van der Waals surface area contributed by atoms with E-state index in [0.717, 1.165) is 11.4 Å². The highest BCUT2D eigenvalue weighted by Gasteiger charge is 2.10. The van der Waals surface area contributed by atoms with Crippen LogP contribution in [0.2, 0.25) is 0 Å². The van der Waals surface area contributed by atoms with Crippen LogP contribution in [0.5, 0.6) is 0 Å². The summed E-state index contributed by atoms with van der Waals surface area (Å²) in [5.74, 6) is -1.73. The van der Waals surface area contributed by atoms with Gasteiger partial charge in [0, 0.05) is 24.2 Å². The van der Waals surface area contributed by atoms with Crippen molar-refractivity contribution < 1.29 is 19.8 Å². The molecule has 0 aliphatic rings. The summed E-state index contributed by atoms with van der Waals surface area (Å²) in [6, 6.07) is 19.3. The third-order valence-electron chi connectivity index (χ3n) is 3.30. The Morgan fingerprint density at radius 2 is 1.15 bits per heavy atom. The van der Waals surface area contributed by atoms with Gasteiger partial charge in [-0.05, 0) is 37.1 Å². The Labute approximate surface area is 152 Å². The van der Waals surface area contributed by atoms with E-state index >= 15 is 0 Å². The van der Waals surface area contributed by atoms with Gasteiger partial charge >= 0.3 is 11.9 Å². The second kappa shape index (κ2) is 11.2. The fraction of sp³-hybridized carbons (Fsp3) is 0.211. The van der Waals surface area contributed by atoms with Crippen LogP contribution in [-0.2, 0) is 9.59 Å². The Morgan fingerprint density at radius 1 is 0.808 bits per heavy atom. The van der Waals surface area contributed by atoms with Crippen LogP contribution in [0.3, 0.4) is 0 Å². The van der Waals surface area contributed by atoms with Crippen molar-refractivity contribution in [3.8, 4) is 0 Å². The van der Waals surface area contributed by atoms with E-state index in [-0.39, 0.29) is 18.8 Å². The Morgan fingerprint density at radius 3 is 1.42 bits per heavy atom. The number of carboxylic acids is 2. The van der Waals surface area contributed by atoms with Gasteiger partial charge in [0.05, 0.1) is 0 Å². The van der Waals surface area contributed by atoms with Crippen LogP contribution in [0.25, 0.3) is 0 Å². The van der Waals surface area contributed by atoms with E-state index in [1.807, 2.05) is 60.7 Å². The van der Waals surface area contributed by atoms with Crippen LogP contribution >= 0.6 is 0 Å². The molecule has 0 aliphatic carbocycles. The Hall–Kier alpha value is -3.35. The zero-order valence-corrected chi connectivity index (χ0v) is 14.3. The molecule has 0 aromatic heterocycles. The molecule has 0 heterocycles. The first-order valence-electron chi connectivity index (χ1n) is 8.09. The smallest absolute Gasteiger partial charge is 0.303 e. The van der Waals surface area contributed by atoms with Gasteiger partial charge < -0.3 is 15.9 Å². The van der Waals surface area contributed by atoms with Crippen molar-refractivity contribution in [1.82, 2.24) is 0 Å². The molecule has 7 heteroatoms. The Balaban J connectivity index is 0.000000294. The summed E-state index contributed by atoms with van der Waals surface area (Å²) >= 11 is 0. The van der Waals surface area contributed by atoms with Gasteiger partial charge in [-0.3, -0.25) is 19.9 Å². The average molecular weight is 357 g/mol. The molecular weight excluding hydrogens is 334 g/mol. The largest absolute Gasteiger partial charge is 0.481 e. The number of benzene rings is 2. The standard InChI is InChI=1S/C13H13N3.C6H10O4/c14-13(15)16(11-7-3-1-4-8-11)12-9-5-2-6-10-12;7-5(8)3-1-2-4-6(9)10/h1-10H,(H3,14,15);1-4H2,(H,7,8)(H,9,10). The lowest BCUT2D eigenvalue weighted by atomic mass is 10.2. The number of nitrogens with two attached hydrogens (primary N) is 1. The molecule has 0 fully saturated rings. The first kappa shape index (κ1) is 20.7. The summed E-state index contributed by atoms with van der Waals surface area (Å²) in [6.45, 7) is 0. The molecule has 2 aromatic rings. The molecule has 0 saturated heterocycles. The lowest BCUT2D eigenvalue weighted by molar-refractivity contribution is -0.139. The maximum absolute atomic E-state index is 9.90. The molecule has 7 nitrogen and oxygen atoms in total. The van der Waals surface area contributed by atoms with Crippen LogP contribution < -0.4 is 10.6 Å². The first-order chi connectivity index (χ1) is 12.4. The molecule has 26 heavy (non-hydrogen) atoms. The van der Waals surface area contributed by atoms with Crippen molar-refractivity contribution in [2.45, 2.75) is 25.7 Å². The van der Waals surface area contributed by atoms with Gasteiger partial charge in [-0.2, -0.15) is 0 Å². The van der Waals surface area contributed by atoms with E-state index in [9.17, 15) is 9.59 Å². The van der Waals surface area contributed by atoms with Crippen LogP contribution in [0, 0.1) is 5.41 Å². The van der Waals surface area contributed by atoms with Gasteiger partial charge in [0.1, 0.15) is 0 Å². The van der Waals surface area contributed by atoms with Crippen LogP contribution in [0.4, 0.5) is 11.4 Å². The molecule has 2 aromatic carbocycles. The first-order valence-corrected chi connectivity index (χ1v) is 8.09. The maximum atomic E-state index is 9.90. The number of carbonyl (C=O) groups is 2. The minimum absolute atomic E-state index is 0.0115. The SMILES string of the molecule is N=C(N)N(c1ccccc1)c1ccccc1.O=C(O)CCCCC(=O)O. The van der Waals surface area contributed by atoms with E-state index in [1.165, 1.54) is 0 Å². The summed E-state index contributed by atoms with van der Waals surface area (Å²) in [5, 5.41) is 23.9. The molecule has 0 spiro atoms. The molecule has 0 amide bonds. The third kappa shape index (κ3) is 7.96. The van der Waals surface area contributed by atoms with E-state index in [2.05, 4.69) is 0 Å². The number of hydrogen-bond donors (Lipinski definition) is 4. The quantitative estimate of drug-likeness (QED) is 0.341. The normalized spacial score (nSPS) is 9.54. The number of hydrogen-bond acceptors (Lipinski definition) is 3. The minimum atomic E-state index is -0.870. The van der Waals surface area contributed by atoms with Gasteiger partial charge in [0.2, 0.25) is 0 Å². The fourth-order valence-corrected chi connectivity index (χ4v) is 2.13. The summed E-state index contributed by atoms with van der Waals surface area (Å²) in [7, 11) is 0. The predicted octanol–water partition coefficient (Wildman–Crippen LogP) is 3.43. The van der Waals surface area contributed by atoms with Crippen molar-refractivity contribution in [3.63, 3.8) is 0 Å². The third-order valence-corrected chi connectivity index (χ3v) is 3.30. The van der Waals surface area contributed by atoms with E-state index in [0.29, 0.717) is 12.8 Å². The van der Waals surface area contributed by atoms with Gasteiger partial charge in [-0.1, -0.05) is 36.4 Å². The fourth-order valence-electron chi connectivity index (χ4n) is 2.13. The summed E-state index contributed by atoms with van der Waals surface area (Å²) in [6.07, 6.45) is 1.02. The summed E-state index contributed by atoms with van der Waals surface area (Å²) in [5.41, 5.74) is 7.39. The second-order valence-electron chi connectivity index (χ2n) is 5.39. The van der Waals surface area contributed by atoms with Crippen molar-refractivity contribution >= 4 is 29.3 Å². The molecule has 0 saturated carbocycles. The maximum Gasteiger partial charge on any atom is 0.303 e. The number of rotatable bonds is 7. The van der Waals surface area contributed by atoms with Crippen LogP contribution in [-0.4, -0.2) is 28.1 Å². The monoisotopic (exact) mass is 357 g/mol. The molecule has 2 rings (SSSR count). The number of nitrogens with one attached hydrogen (secondary N) is 1. The highest BCUT2D eigenvalue weighted by molar-refractivity contribution is 5.99. The molecule has 0 unspecified atom stereocenters. The number of nitrogens with zero attached hydrogens (tertiary/aromatic N) is 1. The molecule has 0 bridgehead atoms. The highest BCUT2D eigenvalue weighted by atomic mass is 16.4. The topological polar surface area (TPSA) is 128 Å². The van der Waals surface area contributed by atoms with Crippen LogP contribution in [0.15, 0.2) is 60.7 Å². The Kier molecular flexibility index (Phi) is 8.95. The lowest BCUT2D eigenvalue weighted by Gasteiger charge is -2.22. The number of aliphatic carboxylic acids is 2. The number of para-hydroxylation sites is 2. The molecule has 0 atom stereocenters. The Bertz CT molecular complexity index is 650. The number of anilines is 2. The van der Waals surface area contributed by atoms with Gasteiger partial charge in [-0.15, -0.1) is 0 Å². The molecule has 5 N–H and O–H groups in total. The average Bonchev–Trinajstić information content (AvgIpc) is 2.61. The van der Waals surface area contributed by atoms with Gasteiger partial charge in [0.15, 0.2) is 5.96 Å². The van der Waals surface area contributed by atoms with Gasteiger partial charge in [-0.25, -0.2) is 0 Å². The van der Waals surface area contributed by atoms with Crippen LogP contribution in [0.1, 0.15) is 25.7 Å². The van der Waals surface area contributed by atoms with Crippen molar-refractivity contribution in [3.05, 3.63) is 60.7 Å². The van der Waals surface area contributed by atoms with E-state index in [1.54, 1.807) is 4.90 Å². The number of guanidine groups is 1.